The Labute approximate surface area is 177 Å². The van der Waals surface area contributed by atoms with Gasteiger partial charge in [0.05, 0.1) is 5.92 Å². The average Bonchev–Trinajstić information content (AvgIpc) is 3.24. The number of amides is 1. The Morgan fingerprint density at radius 2 is 1.90 bits per heavy atom. The normalized spacial score (nSPS) is 21.0. The maximum Gasteiger partial charge on any atom is 0.228 e. The molecule has 2 aliphatic rings. The maximum absolute atomic E-state index is 13.0. The van der Waals surface area contributed by atoms with Crippen LogP contribution in [0.15, 0.2) is 54.6 Å². The number of aromatic amines is 1. The van der Waals surface area contributed by atoms with Gasteiger partial charge in [-0.25, -0.2) is 0 Å². The van der Waals surface area contributed by atoms with Crippen LogP contribution < -0.4 is 5.32 Å². The monoisotopic (exact) mass is 403 g/mol. The third-order valence-electron chi connectivity index (χ3n) is 6.50. The van der Waals surface area contributed by atoms with Crippen LogP contribution in [0, 0.1) is 5.92 Å². The summed E-state index contributed by atoms with van der Waals surface area (Å²) >= 11 is 0. The van der Waals surface area contributed by atoms with Crippen molar-refractivity contribution < 1.29 is 9.53 Å². The number of fused-ring (bicyclic) bond motifs is 1. The molecule has 30 heavy (non-hydrogen) atoms. The number of hydrogen-bond acceptors (Lipinski definition) is 3. The lowest BCUT2D eigenvalue weighted by Crippen LogP contribution is -2.47. The van der Waals surface area contributed by atoms with Gasteiger partial charge in [-0.15, -0.1) is 0 Å². The highest BCUT2D eigenvalue weighted by Gasteiger charge is 2.30. The van der Waals surface area contributed by atoms with Gasteiger partial charge in [-0.2, -0.15) is 0 Å². The van der Waals surface area contributed by atoms with E-state index < -0.39 is 0 Å². The summed E-state index contributed by atoms with van der Waals surface area (Å²) in [7, 11) is 0. The van der Waals surface area contributed by atoms with Crippen molar-refractivity contribution in [2.75, 3.05) is 31.6 Å². The van der Waals surface area contributed by atoms with Gasteiger partial charge in [0.2, 0.25) is 5.91 Å². The first-order valence-electron chi connectivity index (χ1n) is 11.1. The fraction of sp³-hybridized carbons (Fsp3) is 0.400. The molecular formula is C25H29N3O2. The number of rotatable bonds is 4. The Morgan fingerprint density at radius 1 is 1.03 bits per heavy atom. The Kier molecular flexibility index (Phi) is 5.56. The lowest BCUT2D eigenvalue weighted by atomic mass is 9.94. The van der Waals surface area contributed by atoms with E-state index in [1.807, 2.05) is 24.3 Å². The van der Waals surface area contributed by atoms with Crippen LogP contribution in [0.2, 0.25) is 0 Å². The number of piperidine rings is 1. The minimum atomic E-state index is 0.0540. The molecule has 5 heteroatoms. The van der Waals surface area contributed by atoms with Crippen molar-refractivity contribution in [3.63, 3.8) is 0 Å². The number of nitrogens with zero attached hydrogens (tertiary/aromatic N) is 1. The van der Waals surface area contributed by atoms with Gasteiger partial charge in [0.15, 0.2) is 0 Å². The lowest BCUT2D eigenvalue weighted by Gasteiger charge is -2.39. The highest BCUT2D eigenvalue weighted by atomic mass is 16.5. The van der Waals surface area contributed by atoms with E-state index in [9.17, 15) is 4.79 Å². The Morgan fingerprint density at radius 3 is 2.77 bits per heavy atom. The highest BCUT2D eigenvalue weighted by Crippen LogP contribution is 2.27. The lowest BCUT2D eigenvalue weighted by molar-refractivity contribution is -0.122. The minimum Gasteiger partial charge on any atom is -0.381 e. The van der Waals surface area contributed by atoms with Crippen LogP contribution in [0.1, 0.15) is 25.7 Å². The molecule has 2 saturated heterocycles. The number of benzene rings is 2. The number of hydrogen-bond donors (Lipinski definition) is 2. The molecule has 2 aliphatic heterocycles. The molecule has 5 nitrogen and oxygen atoms in total. The smallest absolute Gasteiger partial charge is 0.228 e. The van der Waals surface area contributed by atoms with Gasteiger partial charge in [0.25, 0.3) is 0 Å². The second kappa shape index (κ2) is 8.62. The van der Waals surface area contributed by atoms with Gasteiger partial charge in [-0.05, 0) is 56.5 Å². The van der Waals surface area contributed by atoms with Gasteiger partial charge in [0, 0.05) is 53.6 Å². The molecule has 1 aromatic heterocycles. The summed E-state index contributed by atoms with van der Waals surface area (Å²) in [4.78, 5) is 19.0. The zero-order chi connectivity index (χ0) is 20.3. The maximum atomic E-state index is 13.0. The number of carbonyl (C=O) groups excluding carboxylic acids is 1. The SMILES string of the molecule is O=C(Nc1cccc(-c2cc3ccccc3[nH]2)c1)C1CCCN(C2CCOCC2)C1. The molecule has 2 aromatic carbocycles. The van der Waals surface area contributed by atoms with E-state index in [1.54, 1.807) is 0 Å². The number of para-hydroxylation sites is 1. The number of carbonyl (C=O) groups is 1. The van der Waals surface area contributed by atoms with Crippen molar-refractivity contribution in [3.8, 4) is 11.3 Å². The summed E-state index contributed by atoms with van der Waals surface area (Å²) < 4.78 is 5.50. The predicted molar refractivity (Wildman–Crippen MR) is 121 cm³/mol. The van der Waals surface area contributed by atoms with Gasteiger partial charge >= 0.3 is 0 Å². The molecule has 1 amide bonds. The van der Waals surface area contributed by atoms with Crippen molar-refractivity contribution in [1.82, 2.24) is 9.88 Å². The van der Waals surface area contributed by atoms with Crippen LogP contribution in [0.5, 0.6) is 0 Å². The van der Waals surface area contributed by atoms with E-state index in [4.69, 9.17) is 4.74 Å². The number of H-pyrrole nitrogens is 1. The van der Waals surface area contributed by atoms with E-state index in [0.29, 0.717) is 6.04 Å². The van der Waals surface area contributed by atoms with Gasteiger partial charge in [-0.1, -0.05) is 30.3 Å². The molecule has 1 atom stereocenters. The summed E-state index contributed by atoms with van der Waals surface area (Å²) in [6.07, 6.45) is 4.22. The van der Waals surface area contributed by atoms with Crippen molar-refractivity contribution in [2.24, 2.45) is 5.92 Å². The van der Waals surface area contributed by atoms with E-state index in [-0.39, 0.29) is 11.8 Å². The quantitative estimate of drug-likeness (QED) is 0.666. The fourth-order valence-corrected chi connectivity index (χ4v) is 4.84. The molecule has 2 fully saturated rings. The largest absolute Gasteiger partial charge is 0.381 e. The second-order valence-electron chi connectivity index (χ2n) is 8.52. The molecule has 1 unspecified atom stereocenters. The van der Waals surface area contributed by atoms with Gasteiger partial charge < -0.3 is 15.0 Å². The number of nitrogens with one attached hydrogen (secondary N) is 2. The summed E-state index contributed by atoms with van der Waals surface area (Å²) in [5.74, 6) is 0.193. The van der Waals surface area contributed by atoms with E-state index in [1.165, 1.54) is 5.39 Å². The Balaban J connectivity index is 1.27. The Bertz CT molecular complexity index is 989. The van der Waals surface area contributed by atoms with Crippen molar-refractivity contribution in [1.29, 1.82) is 0 Å². The summed E-state index contributed by atoms with van der Waals surface area (Å²) in [5, 5.41) is 4.37. The highest BCUT2D eigenvalue weighted by molar-refractivity contribution is 5.94. The first-order chi connectivity index (χ1) is 14.8. The first-order valence-corrected chi connectivity index (χ1v) is 11.1. The zero-order valence-electron chi connectivity index (χ0n) is 17.3. The predicted octanol–water partition coefficient (Wildman–Crippen LogP) is 4.66. The Hall–Kier alpha value is -2.63. The van der Waals surface area contributed by atoms with Crippen molar-refractivity contribution in [3.05, 3.63) is 54.6 Å². The second-order valence-corrected chi connectivity index (χ2v) is 8.52. The van der Waals surface area contributed by atoms with E-state index in [2.05, 4.69) is 45.5 Å². The van der Waals surface area contributed by atoms with Crippen molar-refractivity contribution >= 4 is 22.5 Å². The van der Waals surface area contributed by atoms with Gasteiger partial charge in [0.1, 0.15) is 0 Å². The van der Waals surface area contributed by atoms with Crippen LogP contribution >= 0.6 is 0 Å². The van der Waals surface area contributed by atoms with Crippen LogP contribution in [0.3, 0.4) is 0 Å². The molecule has 156 valence electrons. The molecule has 0 spiro atoms. The number of likely N-dealkylation sites (tertiary alicyclic amines) is 1. The topological polar surface area (TPSA) is 57.4 Å². The standard InChI is InChI=1S/C25H29N3O2/c29-25(20-7-4-12-28(17-20)22-10-13-30-14-11-22)26-21-8-3-6-18(15-21)24-16-19-5-1-2-9-23(19)27-24/h1-3,5-6,8-9,15-16,20,22,27H,4,7,10-14,17H2,(H,26,29). The first kappa shape index (κ1) is 19.3. The zero-order valence-corrected chi connectivity index (χ0v) is 17.3. The van der Waals surface area contributed by atoms with Crippen molar-refractivity contribution in [2.45, 2.75) is 31.7 Å². The third-order valence-corrected chi connectivity index (χ3v) is 6.50. The molecule has 2 N–H and O–H groups in total. The van der Waals surface area contributed by atoms with E-state index in [0.717, 1.165) is 74.4 Å². The summed E-state index contributed by atoms with van der Waals surface area (Å²) in [6, 6.07) is 19.1. The van der Waals surface area contributed by atoms with E-state index >= 15 is 0 Å². The molecule has 0 bridgehead atoms. The number of anilines is 1. The molecule has 3 heterocycles. The summed E-state index contributed by atoms with van der Waals surface area (Å²) in [5.41, 5.74) is 4.13. The van der Waals surface area contributed by atoms with Crippen LogP contribution in [-0.4, -0.2) is 48.1 Å². The summed E-state index contributed by atoms with van der Waals surface area (Å²) in [6.45, 7) is 3.65. The third kappa shape index (κ3) is 4.13. The molecule has 5 rings (SSSR count). The molecule has 3 aromatic rings. The average molecular weight is 404 g/mol. The molecular weight excluding hydrogens is 374 g/mol. The number of aromatic nitrogens is 1. The fourth-order valence-electron chi connectivity index (χ4n) is 4.84. The van der Waals surface area contributed by atoms with Gasteiger partial charge in [-0.3, -0.25) is 9.69 Å². The van der Waals surface area contributed by atoms with Crippen LogP contribution in [0.25, 0.3) is 22.2 Å². The number of ether oxygens (including phenoxy) is 1. The molecule has 0 radical (unpaired) electrons. The van der Waals surface area contributed by atoms with Crippen LogP contribution in [-0.2, 0) is 9.53 Å². The minimum absolute atomic E-state index is 0.0540. The molecule has 0 aliphatic carbocycles. The molecule has 0 saturated carbocycles. The van der Waals surface area contributed by atoms with Crippen LogP contribution in [0.4, 0.5) is 5.69 Å².